The normalized spacial score (nSPS) is 12.3. The van der Waals surface area contributed by atoms with Crippen LogP contribution in [0.25, 0.3) is 20.3 Å². The Morgan fingerprint density at radius 1 is 0.800 bits per heavy atom. The molecule has 25 heavy (non-hydrogen) atoms. The first kappa shape index (κ1) is 16.7. The van der Waals surface area contributed by atoms with E-state index in [0.29, 0.717) is 22.5 Å². The minimum absolute atomic E-state index is 0.00318. The van der Waals surface area contributed by atoms with Crippen LogP contribution in [0, 0.1) is 0 Å². The predicted octanol–water partition coefficient (Wildman–Crippen LogP) is 1.06. The van der Waals surface area contributed by atoms with Gasteiger partial charge in [0.05, 0.1) is 0 Å². The first-order valence-corrected chi connectivity index (χ1v) is 8.83. The molecule has 9 heteroatoms. The molecule has 0 spiro atoms. The van der Waals surface area contributed by atoms with E-state index in [4.69, 9.17) is 21.9 Å². The van der Waals surface area contributed by atoms with E-state index < -0.39 is 0 Å². The molecule has 0 amide bonds. The number of rotatable bonds is 4. The Labute approximate surface area is 148 Å². The molecule has 3 aromatic heterocycles. The maximum absolute atomic E-state index is 8.96. The van der Waals surface area contributed by atoms with Gasteiger partial charge in [0.1, 0.15) is 0 Å². The molecule has 0 bridgehead atoms. The fourth-order valence-corrected chi connectivity index (χ4v) is 4.47. The quantitative estimate of drug-likeness (QED) is 0.169. The van der Waals surface area contributed by atoms with Crippen LogP contribution in [0.2, 0.25) is 0 Å². The van der Waals surface area contributed by atoms with Crippen molar-refractivity contribution in [1.82, 2.24) is 9.97 Å². The molecule has 0 aromatic carbocycles. The molecule has 0 atom stereocenters. The van der Waals surface area contributed by atoms with Gasteiger partial charge in [0.15, 0.2) is 0 Å². The van der Waals surface area contributed by atoms with Crippen molar-refractivity contribution in [2.75, 3.05) is 0 Å². The molecule has 0 radical (unpaired) electrons. The van der Waals surface area contributed by atoms with Crippen molar-refractivity contribution in [1.29, 1.82) is 0 Å². The molecule has 0 fully saturated rings. The average molecular weight is 401 g/mol. The van der Waals surface area contributed by atoms with Crippen molar-refractivity contribution in [2.24, 2.45) is 21.8 Å². The van der Waals surface area contributed by atoms with Crippen molar-refractivity contribution in [3.8, 4) is 20.3 Å². The molecule has 0 saturated heterocycles. The zero-order chi connectivity index (χ0) is 17.8. The van der Waals surface area contributed by atoms with Crippen molar-refractivity contribution in [3.63, 3.8) is 0 Å². The van der Waals surface area contributed by atoms with E-state index in [9.17, 15) is 0 Å². The Morgan fingerprint density at radius 3 is 1.64 bits per heavy atom. The van der Waals surface area contributed by atoms with E-state index in [1.54, 1.807) is 36.7 Å². The van der Waals surface area contributed by atoms with E-state index in [1.165, 1.54) is 0 Å². The number of aromatic nitrogens is 2. The Balaban J connectivity index is 2.10. The summed E-state index contributed by atoms with van der Waals surface area (Å²) in [5, 5.41) is 24.0. The van der Waals surface area contributed by atoms with Gasteiger partial charge in [-0.15, -0.1) is 0 Å². The maximum atomic E-state index is 8.96. The molecule has 3 aromatic rings. The Morgan fingerprint density at radius 2 is 1.24 bits per heavy atom. The second-order valence-corrected chi connectivity index (χ2v) is 7.21. The van der Waals surface area contributed by atoms with Crippen LogP contribution in [-0.4, -0.2) is 46.6 Å². The van der Waals surface area contributed by atoms with Gasteiger partial charge in [0, 0.05) is 0 Å². The number of hydrogen-bond acceptors (Lipinski definition) is 6. The summed E-state index contributed by atoms with van der Waals surface area (Å²) in [5.74, 6) is 0.00636. The molecule has 0 saturated carbocycles. The van der Waals surface area contributed by atoms with E-state index >= 15 is 0 Å². The third-order valence-electron chi connectivity index (χ3n) is 3.46. The van der Waals surface area contributed by atoms with Gasteiger partial charge in [-0.25, -0.2) is 0 Å². The van der Waals surface area contributed by atoms with Crippen LogP contribution < -0.4 is 11.5 Å². The second kappa shape index (κ2) is 7.16. The number of hydrogen-bond donors (Lipinski definition) is 4. The number of amidine groups is 2. The molecule has 8 nitrogen and oxygen atoms in total. The molecule has 0 aliphatic rings. The summed E-state index contributed by atoms with van der Waals surface area (Å²) in [6.07, 6.45) is 3.31. The van der Waals surface area contributed by atoms with Crippen LogP contribution in [0.15, 0.2) is 59.1 Å². The molecule has 3 heterocycles. The van der Waals surface area contributed by atoms with Crippen molar-refractivity contribution in [2.45, 2.75) is 0 Å². The van der Waals surface area contributed by atoms with E-state index in [1.807, 2.05) is 12.1 Å². The number of nitrogens with two attached hydrogens (primary N) is 2. The van der Waals surface area contributed by atoms with E-state index in [2.05, 4.69) is 20.3 Å². The first-order valence-electron chi connectivity index (χ1n) is 7.12. The summed E-state index contributed by atoms with van der Waals surface area (Å²) in [6, 6.07) is 10.8. The standard InChI is InChI=1S/C16H14N6O2Se/c17-15(21-23)9-3-1-7-19-13(9)11-5-6-12(25-11)14-10(16(18)22-24)4-2-8-20-14/h1-8,23-24H,(H2,17,21)(H2,18,22). The number of oxime groups is 2. The molecule has 126 valence electrons. The Kier molecular flexibility index (Phi) is 4.78. The van der Waals surface area contributed by atoms with Crippen molar-refractivity contribution >= 4 is 26.2 Å². The van der Waals surface area contributed by atoms with Gasteiger partial charge >= 0.3 is 149 Å². The van der Waals surface area contributed by atoms with Gasteiger partial charge in [-0.05, 0) is 0 Å². The summed E-state index contributed by atoms with van der Waals surface area (Å²) in [7, 11) is 0. The zero-order valence-corrected chi connectivity index (χ0v) is 14.6. The minimum atomic E-state index is -0.127. The number of pyridine rings is 2. The third-order valence-corrected chi connectivity index (χ3v) is 5.76. The predicted molar refractivity (Wildman–Crippen MR) is 94.9 cm³/mol. The second-order valence-electron chi connectivity index (χ2n) is 4.93. The van der Waals surface area contributed by atoms with E-state index in [0.717, 1.165) is 8.87 Å². The van der Waals surface area contributed by atoms with Crippen LogP contribution in [0.4, 0.5) is 0 Å². The summed E-state index contributed by atoms with van der Waals surface area (Å²) < 4.78 is 1.92. The van der Waals surface area contributed by atoms with Crippen LogP contribution >= 0.6 is 0 Å². The van der Waals surface area contributed by atoms with Crippen LogP contribution in [0.1, 0.15) is 11.1 Å². The van der Waals surface area contributed by atoms with Gasteiger partial charge in [-0.2, -0.15) is 0 Å². The molecular formula is C16H14N6O2Se. The fraction of sp³-hybridized carbons (Fsp3) is 0. The average Bonchev–Trinajstić information content (AvgIpc) is 3.16. The monoisotopic (exact) mass is 402 g/mol. The summed E-state index contributed by atoms with van der Waals surface area (Å²) in [4.78, 5) is 8.73. The number of nitrogens with zero attached hydrogens (tertiary/aromatic N) is 4. The molecule has 0 unspecified atom stereocenters. The van der Waals surface area contributed by atoms with Gasteiger partial charge < -0.3 is 0 Å². The van der Waals surface area contributed by atoms with Crippen molar-refractivity contribution < 1.29 is 10.4 Å². The van der Waals surface area contributed by atoms with Crippen LogP contribution in [0.5, 0.6) is 0 Å². The van der Waals surface area contributed by atoms with Gasteiger partial charge in [0.25, 0.3) is 0 Å². The third kappa shape index (κ3) is 3.23. The fourth-order valence-electron chi connectivity index (χ4n) is 2.32. The van der Waals surface area contributed by atoms with E-state index in [-0.39, 0.29) is 26.2 Å². The molecule has 3 rings (SSSR count). The Bertz CT molecular complexity index is 891. The van der Waals surface area contributed by atoms with Crippen LogP contribution in [-0.2, 0) is 0 Å². The zero-order valence-electron chi connectivity index (χ0n) is 12.9. The summed E-state index contributed by atoms with van der Waals surface area (Å²) in [6.45, 7) is 0. The molecule has 0 aliphatic heterocycles. The molecule has 0 aliphatic carbocycles. The van der Waals surface area contributed by atoms with Gasteiger partial charge in [0.2, 0.25) is 0 Å². The van der Waals surface area contributed by atoms with Crippen molar-refractivity contribution in [3.05, 3.63) is 59.9 Å². The van der Waals surface area contributed by atoms with Crippen LogP contribution in [0.3, 0.4) is 0 Å². The molecule has 6 N–H and O–H groups in total. The first-order chi connectivity index (χ1) is 12.2. The summed E-state index contributed by atoms with van der Waals surface area (Å²) >= 11 is -0.127. The summed E-state index contributed by atoms with van der Waals surface area (Å²) in [5.41, 5.74) is 13.9. The molecular weight excluding hydrogens is 387 g/mol. The topological polar surface area (TPSA) is 143 Å². The SMILES string of the molecule is N/C(=N\O)c1cccnc1-c1ccc(-c2ncccc2/C(N)=N/O)[se]1. The van der Waals surface area contributed by atoms with Gasteiger partial charge in [-0.1, -0.05) is 0 Å². The van der Waals surface area contributed by atoms with Gasteiger partial charge in [-0.3, -0.25) is 0 Å². The Hall–Kier alpha value is -3.16.